The van der Waals surface area contributed by atoms with Crippen LogP contribution in [-0.4, -0.2) is 46.5 Å². The quantitative estimate of drug-likeness (QED) is 0.239. The number of thiophene rings is 1. The first-order chi connectivity index (χ1) is 19.5. The van der Waals surface area contributed by atoms with Gasteiger partial charge in [-0.25, -0.2) is 0 Å². The van der Waals surface area contributed by atoms with E-state index in [2.05, 4.69) is 63.1 Å². The Bertz CT molecular complexity index is 1990. The van der Waals surface area contributed by atoms with Crippen molar-refractivity contribution in [2.24, 2.45) is 0 Å². The van der Waals surface area contributed by atoms with Crippen LogP contribution in [0.15, 0.2) is 90.6 Å². The van der Waals surface area contributed by atoms with Crippen molar-refractivity contribution in [3.63, 3.8) is 0 Å². The molecular formula is C33H28N4O2S. The SMILES string of the molecule is CN(C)CCCn1cc(C2=C(c3cn(-c4csc5ccccc45)c4ccccc34)C(=O)NC2=O)c2ccccc21. The lowest BCUT2D eigenvalue weighted by Crippen LogP contribution is -2.22. The highest BCUT2D eigenvalue weighted by Crippen LogP contribution is 2.40. The zero-order chi connectivity index (χ0) is 27.4. The molecule has 0 fully saturated rings. The van der Waals surface area contributed by atoms with Crippen molar-refractivity contribution in [1.29, 1.82) is 0 Å². The first-order valence-corrected chi connectivity index (χ1v) is 14.3. The van der Waals surface area contributed by atoms with Gasteiger partial charge in [-0.1, -0.05) is 54.6 Å². The molecule has 1 aliphatic rings. The highest BCUT2D eigenvalue weighted by atomic mass is 32.1. The largest absolute Gasteiger partial charge is 0.347 e. The molecule has 7 heteroatoms. The molecule has 7 rings (SSSR count). The van der Waals surface area contributed by atoms with Gasteiger partial charge in [0, 0.05) is 61.8 Å². The van der Waals surface area contributed by atoms with Gasteiger partial charge in [0.05, 0.1) is 22.4 Å². The number of aromatic nitrogens is 2. The first-order valence-electron chi connectivity index (χ1n) is 13.4. The maximum atomic E-state index is 13.5. The maximum Gasteiger partial charge on any atom is 0.259 e. The Balaban J connectivity index is 1.45. The molecule has 3 aromatic heterocycles. The number of benzene rings is 3. The van der Waals surface area contributed by atoms with Gasteiger partial charge in [0.25, 0.3) is 11.8 Å². The van der Waals surface area contributed by atoms with Crippen LogP contribution in [0, 0.1) is 0 Å². The number of nitrogens with zero attached hydrogens (tertiary/aromatic N) is 3. The minimum absolute atomic E-state index is 0.353. The molecule has 0 saturated carbocycles. The smallest absolute Gasteiger partial charge is 0.259 e. The summed E-state index contributed by atoms with van der Waals surface area (Å²) in [6.45, 7) is 1.78. The fourth-order valence-corrected chi connectivity index (χ4v) is 6.82. The number of hydrogen-bond donors (Lipinski definition) is 1. The van der Waals surface area contributed by atoms with Crippen molar-refractivity contribution in [1.82, 2.24) is 19.4 Å². The number of rotatable bonds is 7. The molecular weight excluding hydrogens is 516 g/mol. The molecule has 6 nitrogen and oxygen atoms in total. The summed E-state index contributed by atoms with van der Waals surface area (Å²) in [5.41, 5.74) is 5.52. The summed E-state index contributed by atoms with van der Waals surface area (Å²) in [4.78, 5) is 29.1. The second-order valence-electron chi connectivity index (χ2n) is 10.5. The average Bonchev–Trinajstić information content (AvgIpc) is 3.70. The molecule has 3 aromatic carbocycles. The lowest BCUT2D eigenvalue weighted by Gasteiger charge is -2.10. The third-order valence-corrected chi connectivity index (χ3v) is 8.65. The van der Waals surface area contributed by atoms with Gasteiger partial charge >= 0.3 is 0 Å². The topological polar surface area (TPSA) is 59.3 Å². The predicted octanol–water partition coefficient (Wildman–Crippen LogP) is 6.32. The van der Waals surface area contributed by atoms with Crippen LogP contribution in [0.2, 0.25) is 0 Å². The Morgan fingerprint density at radius 1 is 0.750 bits per heavy atom. The van der Waals surface area contributed by atoms with Gasteiger partial charge in [-0.05, 0) is 45.3 Å². The van der Waals surface area contributed by atoms with E-state index in [1.807, 2.05) is 60.9 Å². The van der Waals surface area contributed by atoms with Crippen LogP contribution < -0.4 is 5.32 Å². The van der Waals surface area contributed by atoms with Crippen LogP contribution in [0.4, 0.5) is 0 Å². The number of imide groups is 1. The van der Waals surface area contributed by atoms with E-state index in [-0.39, 0.29) is 11.8 Å². The summed E-state index contributed by atoms with van der Waals surface area (Å²) >= 11 is 1.70. The number of fused-ring (bicyclic) bond motifs is 3. The molecule has 0 unspecified atom stereocenters. The van der Waals surface area contributed by atoms with Gasteiger partial charge in [0.15, 0.2) is 0 Å². The standard InChI is InChI=1S/C33H28N4O2S/c1-35(2)16-9-17-36-18-24(21-10-3-6-13-26(21)36)30-31(33(39)34-32(30)38)25-19-37(27-14-7-4-11-22(25)27)28-20-40-29-15-8-5-12-23(28)29/h3-8,10-15,18-20H,9,16-17H2,1-2H3,(H,34,38,39). The summed E-state index contributed by atoms with van der Waals surface area (Å²) in [7, 11) is 4.14. The molecule has 0 radical (unpaired) electrons. The second-order valence-corrected chi connectivity index (χ2v) is 11.4. The summed E-state index contributed by atoms with van der Waals surface area (Å²) in [6, 6.07) is 24.5. The molecule has 40 heavy (non-hydrogen) atoms. The van der Waals surface area contributed by atoms with Crippen molar-refractivity contribution in [2.45, 2.75) is 13.0 Å². The van der Waals surface area contributed by atoms with Crippen molar-refractivity contribution in [2.75, 3.05) is 20.6 Å². The third kappa shape index (κ3) is 3.89. The average molecular weight is 545 g/mol. The minimum atomic E-state index is -0.359. The summed E-state index contributed by atoms with van der Waals surface area (Å²) in [5.74, 6) is -0.712. The summed E-state index contributed by atoms with van der Waals surface area (Å²) in [5, 5.41) is 7.82. The summed E-state index contributed by atoms with van der Waals surface area (Å²) < 4.78 is 5.55. The Morgan fingerprint density at radius 2 is 1.35 bits per heavy atom. The molecule has 2 amide bonds. The van der Waals surface area contributed by atoms with Gasteiger partial charge in [-0.15, -0.1) is 11.3 Å². The number of amides is 2. The van der Waals surface area contributed by atoms with Crippen molar-refractivity contribution < 1.29 is 9.59 Å². The van der Waals surface area contributed by atoms with Gasteiger partial charge in [0.1, 0.15) is 0 Å². The van der Waals surface area contributed by atoms with E-state index in [9.17, 15) is 9.59 Å². The Hall–Kier alpha value is -4.46. The van der Waals surface area contributed by atoms with Crippen molar-refractivity contribution in [3.05, 3.63) is 102 Å². The molecule has 1 N–H and O–H groups in total. The zero-order valence-electron chi connectivity index (χ0n) is 22.3. The van der Waals surface area contributed by atoms with E-state index in [1.165, 1.54) is 4.70 Å². The highest BCUT2D eigenvalue weighted by Gasteiger charge is 2.35. The first kappa shape index (κ1) is 24.6. The number of aryl methyl sites for hydroxylation is 1. The number of hydrogen-bond acceptors (Lipinski definition) is 4. The van der Waals surface area contributed by atoms with Gasteiger partial charge in [0.2, 0.25) is 0 Å². The lowest BCUT2D eigenvalue weighted by molar-refractivity contribution is -0.122. The van der Waals surface area contributed by atoms with E-state index in [4.69, 9.17) is 0 Å². The highest BCUT2D eigenvalue weighted by molar-refractivity contribution is 7.17. The number of carbonyl (C=O) groups excluding carboxylic acids is 2. The molecule has 6 aromatic rings. The molecule has 4 heterocycles. The maximum absolute atomic E-state index is 13.5. The number of carbonyl (C=O) groups is 2. The van der Waals surface area contributed by atoms with E-state index in [0.717, 1.165) is 63.5 Å². The fraction of sp³-hybridized carbons (Fsp3) is 0.152. The van der Waals surface area contributed by atoms with Gasteiger partial charge < -0.3 is 14.0 Å². The Labute approximate surface area is 235 Å². The molecule has 0 bridgehead atoms. The van der Waals surface area contributed by atoms with E-state index >= 15 is 0 Å². The van der Waals surface area contributed by atoms with Crippen molar-refractivity contribution >= 4 is 66.2 Å². The fourth-order valence-electron chi connectivity index (χ4n) is 5.89. The third-order valence-electron chi connectivity index (χ3n) is 7.69. The van der Waals surface area contributed by atoms with Gasteiger partial charge in [-0.3, -0.25) is 14.9 Å². The molecule has 198 valence electrons. The van der Waals surface area contributed by atoms with Gasteiger partial charge in [-0.2, -0.15) is 0 Å². The molecule has 1 aliphatic heterocycles. The van der Waals surface area contributed by atoms with E-state index < -0.39 is 0 Å². The molecule has 0 atom stereocenters. The van der Waals surface area contributed by atoms with Crippen LogP contribution >= 0.6 is 11.3 Å². The Morgan fingerprint density at radius 3 is 2.08 bits per heavy atom. The normalized spacial score (nSPS) is 14.0. The second kappa shape index (κ2) is 9.62. The van der Waals surface area contributed by atoms with Crippen LogP contribution in [0.5, 0.6) is 0 Å². The van der Waals surface area contributed by atoms with Crippen LogP contribution in [0.3, 0.4) is 0 Å². The number of nitrogens with one attached hydrogen (secondary N) is 1. The minimum Gasteiger partial charge on any atom is -0.347 e. The van der Waals surface area contributed by atoms with E-state index in [0.29, 0.717) is 11.1 Å². The molecule has 0 aliphatic carbocycles. The Kier molecular flexibility index (Phi) is 5.91. The van der Waals surface area contributed by atoms with Crippen molar-refractivity contribution in [3.8, 4) is 5.69 Å². The van der Waals surface area contributed by atoms with Crippen LogP contribution in [-0.2, 0) is 16.1 Å². The summed E-state index contributed by atoms with van der Waals surface area (Å²) in [6.07, 6.45) is 5.03. The number of para-hydroxylation sites is 2. The molecule has 0 spiro atoms. The molecule has 0 saturated heterocycles. The predicted molar refractivity (Wildman–Crippen MR) is 164 cm³/mol. The zero-order valence-corrected chi connectivity index (χ0v) is 23.2. The monoisotopic (exact) mass is 544 g/mol. The van der Waals surface area contributed by atoms with Crippen LogP contribution in [0.25, 0.3) is 48.7 Å². The van der Waals surface area contributed by atoms with E-state index in [1.54, 1.807) is 11.3 Å². The van der Waals surface area contributed by atoms with Crippen LogP contribution in [0.1, 0.15) is 17.5 Å². The lowest BCUT2D eigenvalue weighted by atomic mass is 9.95.